The van der Waals surface area contributed by atoms with Crippen LogP contribution in [0.5, 0.6) is 0 Å². The third-order valence-corrected chi connectivity index (χ3v) is 3.52. The van der Waals surface area contributed by atoms with Gasteiger partial charge in [-0.15, -0.1) is 0 Å². The zero-order chi connectivity index (χ0) is 14.5. The first-order valence-electron chi connectivity index (χ1n) is 6.64. The first kappa shape index (κ1) is 14.1. The van der Waals surface area contributed by atoms with E-state index in [0.29, 0.717) is 23.1 Å². The number of nitrogens with zero attached hydrogens (tertiary/aromatic N) is 3. The fraction of sp³-hybridized carbons (Fsp3) is 0.400. The summed E-state index contributed by atoms with van der Waals surface area (Å²) in [5, 5.41) is 9.14. The maximum Gasteiger partial charge on any atom is 0.242 e. The number of carbonyl (C=O) groups excluding carboxylic acids is 2. The summed E-state index contributed by atoms with van der Waals surface area (Å²) in [4.78, 5) is 26.4. The average Bonchev–Trinajstić information content (AvgIpc) is 3.00. The summed E-state index contributed by atoms with van der Waals surface area (Å²) >= 11 is 0. The standard InChI is InChI=1S/C15H17N3O2/c1-17(10-15(20)18-6-2-3-7-18)14-5-4-12(11-19)8-13(14)9-16/h4-5,8,11H,2-3,6-7,10H2,1H3. The van der Waals surface area contributed by atoms with Crippen LogP contribution in [0.15, 0.2) is 18.2 Å². The first-order valence-corrected chi connectivity index (χ1v) is 6.64. The van der Waals surface area contributed by atoms with Crippen LogP contribution in [0.4, 0.5) is 5.69 Å². The highest BCUT2D eigenvalue weighted by Crippen LogP contribution is 2.20. The van der Waals surface area contributed by atoms with Gasteiger partial charge >= 0.3 is 0 Å². The first-order chi connectivity index (χ1) is 9.65. The summed E-state index contributed by atoms with van der Waals surface area (Å²) in [6.45, 7) is 1.89. The molecule has 0 aromatic heterocycles. The molecular formula is C15H17N3O2. The van der Waals surface area contributed by atoms with E-state index in [1.807, 2.05) is 4.90 Å². The van der Waals surface area contributed by atoms with Crippen LogP contribution in [-0.2, 0) is 4.79 Å². The largest absolute Gasteiger partial charge is 0.364 e. The van der Waals surface area contributed by atoms with Crippen molar-refractivity contribution in [2.45, 2.75) is 12.8 Å². The molecule has 1 heterocycles. The zero-order valence-electron chi connectivity index (χ0n) is 11.5. The van der Waals surface area contributed by atoms with Crippen LogP contribution >= 0.6 is 0 Å². The molecule has 2 rings (SSSR count). The summed E-state index contributed by atoms with van der Waals surface area (Å²) in [6.07, 6.45) is 2.83. The highest BCUT2D eigenvalue weighted by atomic mass is 16.2. The summed E-state index contributed by atoms with van der Waals surface area (Å²) in [5.41, 5.74) is 1.54. The Hall–Kier alpha value is -2.35. The summed E-state index contributed by atoms with van der Waals surface area (Å²) < 4.78 is 0. The molecule has 1 aliphatic heterocycles. The van der Waals surface area contributed by atoms with Gasteiger partial charge in [0.1, 0.15) is 12.4 Å². The third-order valence-electron chi connectivity index (χ3n) is 3.52. The van der Waals surface area contributed by atoms with Crippen molar-refractivity contribution in [3.63, 3.8) is 0 Å². The molecule has 0 spiro atoms. The maximum atomic E-state index is 12.1. The second kappa shape index (κ2) is 6.20. The Kier molecular flexibility index (Phi) is 4.36. The predicted octanol–water partition coefficient (Wildman–Crippen LogP) is 1.43. The van der Waals surface area contributed by atoms with Gasteiger partial charge in [0.05, 0.1) is 17.8 Å². The average molecular weight is 271 g/mol. The van der Waals surface area contributed by atoms with Gasteiger partial charge in [-0.2, -0.15) is 5.26 Å². The molecule has 1 aromatic rings. The predicted molar refractivity (Wildman–Crippen MR) is 75.6 cm³/mol. The van der Waals surface area contributed by atoms with Crippen molar-refractivity contribution in [3.8, 4) is 6.07 Å². The summed E-state index contributed by atoms with van der Waals surface area (Å²) in [6, 6.07) is 6.97. The number of benzene rings is 1. The zero-order valence-corrected chi connectivity index (χ0v) is 11.5. The van der Waals surface area contributed by atoms with Crippen LogP contribution in [0.1, 0.15) is 28.8 Å². The molecule has 0 N–H and O–H groups in total. The number of aldehydes is 1. The van der Waals surface area contributed by atoms with E-state index in [-0.39, 0.29) is 12.5 Å². The minimum absolute atomic E-state index is 0.0772. The number of anilines is 1. The minimum atomic E-state index is 0.0772. The number of carbonyl (C=O) groups is 2. The van der Waals surface area contributed by atoms with Crippen molar-refractivity contribution in [2.24, 2.45) is 0 Å². The van der Waals surface area contributed by atoms with E-state index in [9.17, 15) is 9.59 Å². The Bertz CT molecular complexity index is 557. The highest BCUT2D eigenvalue weighted by molar-refractivity contribution is 5.83. The molecular weight excluding hydrogens is 254 g/mol. The number of likely N-dealkylation sites (N-methyl/N-ethyl adjacent to an activating group) is 1. The lowest BCUT2D eigenvalue weighted by molar-refractivity contribution is -0.128. The number of hydrogen-bond donors (Lipinski definition) is 0. The van der Waals surface area contributed by atoms with Gasteiger partial charge in [-0.3, -0.25) is 9.59 Å². The topological polar surface area (TPSA) is 64.4 Å². The number of nitriles is 1. The van der Waals surface area contributed by atoms with Gasteiger partial charge in [-0.25, -0.2) is 0 Å². The smallest absolute Gasteiger partial charge is 0.242 e. The quantitative estimate of drug-likeness (QED) is 0.777. The molecule has 104 valence electrons. The Labute approximate surface area is 118 Å². The maximum absolute atomic E-state index is 12.1. The van der Waals surface area contributed by atoms with Crippen molar-refractivity contribution in [1.82, 2.24) is 4.90 Å². The lowest BCUT2D eigenvalue weighted by Gasteiger charge is -2.23. The van der Waals surface area contributed by atoms with E-state index in [4.69, 9.17) is 5.26 Å². The van der Waals surface area contributed by atoms with E-state index in [1.54, 1.807) is 30.1 Å². The molecule has 1 fully saturated rings. The molecule has 0 aliphatic carbocycles. The molecule has 0 saturated carbocycles. The van der Waals surface area contributed by atoms with Gasteiger partial charge in [0.25, 0.3) is 0 Å². The summed E-state index contributed by atoms with van der Waals surface area (Å²) in [7, 11) is 1.78. The van der Waals surface area contributed by atoms with Crippen molar-refractivity contribution in [3.05, 3.63) is 29.3 Å². The second-order valence-electron chi connectivity index (χ2n) is 4.95. The van der Waals surface area contributed by atoms with E-state index in [1.165, 1.54) is 0 Å². The molecule has 5 nitrogen and oxygen atoms in total. The fourth-order valence-corrected chi connectivity index (χ4v) is 2.40. The van der Waals surface area contributed by atoms with Crippen molar-refractivity contribution >= 4 is 17.9 Å². The normalized spacial score (nSPS) is 13.9. The Morgan fingerprint density at radius 1 is 1.45 bits per heavy atom. The molecule has 1 aliphatic rings. The number of likely N-dealkylation sites (tertiary alicyclic amines) is 1. The van der Waals surface area contributed by atoms with E-state index >= 15 is 0 Å². The van der Waals surface area contributed by atoms with Crippen molar-refractivity contribution in [1.29, 1.82) is 5.26 Å². The number of rotatable bonds is 4. The number of hydrogen-bond acceptors (Lipinski definition) is 4. The van der Waals surface area contributed by atoms with Crippen LogP contribution < -0.4 is 4.90 Å². The molecule has 1 aromatic carbocycles. The van der Waals surface area contributed by atoms with E-state index in [2.05, 4.69) is 6.07 Å². The second-order valence-corrected chi connectivity index (χ2v) is 4.95. The van der Waals surface area contributed by atoms with Gasteiger partial charge < -0.3 is 9.80 Å². The fourth-order valence-electron chi connectivity index (χ4n) is 2.40. The molecule has 0 bridgehead atoms. The molecule has 20 heavy (non-hydrogen) atoms. The molecule has 0 radical (unpaired) electrons. The SMILES string of the molecule is CN(CC(=O)N1CCCC1)c1ccc(C=O)cc1C#N. The van der Waals surface area contributed by atoms with E-state index < -0.39 is 0 Å². The van der Waals surface area contributed by atoms with Crippen LogP contribution in [0, 0.1) is 11.3 Å². The van der Waals surface area contributed by atoms with Crippen LogP contribution in [0.2, 0.25) is 0 Å². The van der Waals surface area contributed by atoms with Gasteiger partial charge in [0, 0.05) is 25.7 Å². The van der Waals surface area contributed by atoms with Gasteiger partial charge in [-0.1, -0.05) is 0 Å². The Morgan fingerprint density at radius 2 is 2.15 bits per heavy atom. The molecule has 0 atom stereocenters. The lowest BCUT2D eigenvalue weighted by Crippen LogP contribution is -2.37. The minimum Gasteiger partial charge on any atom is -0.364 e. The lowest BCUT2D eigenvalue weighted by atomic mass is 10.1. The molecule has 1 amide bonds. The Morgan fingerprint density at radius 3 is 2.75 bits per heavy atom. The van der Waals surface area contributed by atoms with Crippen LogP contribution in [-0.4, -0.2) is 43.8 Å². The summed E-state index contributed by atoms with van der Waals surface area (Å²) in [5.74, 6) is 0.0772. The van der Waals surface area contributed by atoms with Gasteiger partial charge in [0.15, 0.2) is 0 Å². The van der Waals surface area contributed by atoms with Gasteiger partial charge in [-0.05, 0) is 31.0 Å². The van der Waals surface area contributed by atoms with E-state index in [0.717, 1.165) is 25.9 Å². The Balaban J connectivity index is 2.12. The molecule has 1 saturated heterocycles. The molecule has 0 unspecified atom stereocenters. The van der Waals surface area contributed by atoms with Gasteiger partial charge in [0.2, 0.25) is 5.91 Å². The van der Waals surface area contributed by atoms with Crippen molar-refractivity contribution in [2.75, 3.05) is 31.6 Å². The van der Waals surface area contributed by atoms with Crippen molar-refractivity contribution < 1.29 is 9.59 Å². The highest BCUT2D eigenvalue weighted by Gasteiger charge is 2.20. The van der Waals surface area contributed by atoms with Crippen LogP contribution in [0.25, 0.3) is 0 Å². The number of amides is 1. The molecule has 5 heteroatoms. The monoisotopic (exact) mass is 271 g/mol. The van der Waals surface area contributed by atoms with Crippen LogP contribution in [0.3, 0.4) is 0 Å². The third kappa shape index (κ3) is 2.97.